The van der Waals surface area contributed by atoms with Crippen molar-refractivity contribution in [2.24, 2.45) is 0 Å². The van der Waals surface area contributed by atoms with Gasteiger partial charge >= 0.3 is 5.97 Å². The molecule has 0 rings (SSSR count). The van der Waals surface area contributed by atoms with Crippen LogP contribution in [-0.2, 0) is 4.79 Å². The Labute approximate surface area is 76.4 Å². The summed E-state index contributed by atoms with van der Waals surface area (Å²) in [6.45, 7) is 9.21. The number of carboxylic acid groups (broad SMARTS) is 1. The van der Waals surface area contributed by atoms with Gasteiger partial charge in [-0.1, -0.05) is 42.9 Å². The van der Waals surface area contributed by atoms with E-state index in [9.17, 15) is 4.79 Å². The van der Waals surface area contributed by atoms with Crippen LogP contribution in [0.1, 0.15) is 0 Å². The third-order valence-electron chi connectivity index (χ3n) is 0.175. The lowest BCUT2D eigenvalue weighted by molar-refractivity contribution is -0.131. The Hall–Kier alpha value is -0.730. The van der Waals surface area contributed by atoms with Crippen molar-refractivity contribution >= 4 is 29.2 Å². The number of carboxylic acids is 1. The first-order valence-corrected chi connectivity index (χ1v) is 3.25. The normalized spacial score (nSPS) is 5.27. The molecule has 0 saturated heterocycles. The summed E-state index contributed by atoms with van der Waals surface area (Å²) in [6.07, 6.45) is 0.833. The van der Waals surface area contributed by atoms with E-state index in [0.29, 0.717) is 0 Å². The Kier molecular flexibility index (Phi) is 34.7. The fourth-order valence-corrected chi connectivity index (χ4v) is 0. The molecule has 0 aromatic rings. The Bertz CT molecular complexity index is 116. The van der Waals surface area contributed by atoms with Crippen molar-refractivity contribution in [1.29, 1.82) is 0 Å². The molecule has 2 nitrogen and oxygen atoms in total. The lowest BCUT2D eigenvalue weighted by atomic mass is 10.7. The third-order valence-corrected chi connectivity index (χ3v) is 0.175. The van der Waals surface area contributed by atoms with E-state index in [1.165, 1.54) is 11.1 Å². The number of hydrogen-bond donors (Lipinski definition) is 1. The summed E-state index contributed by atoms with van der Waals surface area (Å²) in [5.74, 6) is -0.981. The second-order valence-corrected chi connectivity index (χ2v) is 1.47. The molecule has 0 bridgehead atoms. The fourth-order valence-electron chi connectivity index (χ4n) is 0. The molecule has 0 aliphatic carbocycles. The van der Waals surface area contributed by atoms with Crippen LogP contribution in [0.3, 0.4) is 0 Å². The Morgan fingerprint density at radius 1 is 1.18 bits per heavy atom. The largest absolute Gasteiger partial charge is 0.478 e. The van der Waals surface area contributed by atoms with Crippen LogP contribution in [0, 0.1) is 0 Å². The van der Waals surface area contributed by atoms with Crippen molar-refractivity contribution in [3.63, 3.8) is 0 Å². The van der Waals surface area contributed by atoms with Gasteiger partial charge in [0.1, 0.15) is 0 Å². The van der Waals surface area contributed by atoms with Crippen LogP contribution in [0.25, 0.3) is 0 Å². The van der Waals surface area contributed by atoms with Crippen LogP contribution >= 0.6 is 23.2 Å². The van der Waals surface area contributed by atoms with Gasteiger partial charge in [-0.2, -0.15) is 0 Å². The molecule has 0 radical (unpaired) electrons. The summed E-state index contributed by atoms with van der Waals surface area (Å²) in [5.41, 5.74) is 2.44. The molecule has 0 spiro atoms. The van der Waals surface area contributed by atoms with Gasteiger partial charge in [-0.15, -0.1) is 0 Å². The maximum atomic E-state index is 9.25. The van der Waals surface area contributed by atoms with Crippen molar-refractivity contribution < 1.29 is 9.90 Å². The molecule has 0 aromatic heterocycles. The molecule has 4 heteroatoms. The van der Waals surface area contributed by atoms with Gasteiger partial charge in [-0.05, 0) is 11.1 Å². The van der Waals surface area contributed by atoms with Gasteiger partial charge in [0.2, 0.25) is 0 Å². The van der Waals surface area contributed by atoms with Crippen LogP contribution < -0.4 is 0 Å². The Balaban J connectivity index is -0.0000000933. The zero-order valence-electron chi connectivity index (χ0n) is 5.96. The van der Waals surface area contributed by atoms with E-state index in [4.69, 9.17) is 28.3 Å². The van der Waals surface area contributed by atoms with Gasteiger partial charge in [0.25, 0.3) is 0 Å². The zero-order chi connectivity index (χ0) is 9.70. The molecule has 64 valence electrons. The zero-order valence-corrected chi connectivity index (χ0v) is 7.48. The molecule has 0 fully saturated rings. The second-order valence-electron chi connectivity index (χ2n) is 0.851. The van der Waals surface area contributed by atoms with Crippen molar-refractivity contribution in [2.75, 3.05) is 0 Å². The predicted octanol–water partition coefficient (Wildman–Crippen LogP) is 2.99. The minimum atomic E-state index is -0.981. The molecule has 11 heavy (non-hydrogen) atoms. The van der Waals surface area contributed by atoms with Crippen LogP contribution in [0.2, 0.25) is 0 Å². The van der Waals surface area contributed by atoms with Crippen molar-refractivity contribution in [2.45, 2.75) is 0 Å². The lowest BCUT2D eigenvalue weighted by Gasteiger charge is -1.64. The highest BCUT2D eigenvalue weighted by molar-refractivity contribution is 6.25. The van der Waals surface area contributed by atoms with E-state index in [1.54, 1.807) is 0 Å². The molecular formula is C7H10Cl2O2. The van der Waals surface area contributed by atoms with Gasteiger partial charge in [-0.25, -0.2) is 4.79 Å². The van der Waals surface area contributed by atoms with Crippen molar-refractivity contribution in [1.82, 2.24) is 0 Å². The molecular weight excluding hydrogens is 187 g/mol. The third kappa shape index (κ3) is 304. The molecule has 0 unspecified atom stereocenters. The minimum Gasteiger partial charge on any atom is -0.478 e. The molecule has 0 aliphatic rings. The quantitative estimate of drug-likeness (QED) is 0.656. The number of aliphatic carboxylic acids is 1. The summed E-state index contributed by atoms with van der Waals surface area (Å²) in [5, 5.41) is 7.60. The summed E-state index contributed by atoms with van der Waals surface area (Å²) in [6, 6.07) is 0. The SMILES string of the molecule is C=CC(=O)O.C=CCl.C=CCl. The molecule has 0 heterocycles. The molecule has 0 amide bonds. The highest BCUT2D eigenvalue weighted by Crippen LogP contribution is 1.60. The van der Waals surface area contributed by atoms with E-state index in [0.717, 1.165) is 6.08 Å². The smallest absolute Gasteiger partial charge is 0.327 e. The van der Waals surface area contributed by atoms with Crippen molar-refractivity contribution in [3.8, 4) is 0 Å². The van der Waals surface area contributed by atoms with Crippen LogP contribution in [0.5, 0.6) is 0 Å². The van der Waals surface area contributed by atoms with Gasteiger partial charge in [-0.3, -0.25) is 0 Å². The summed E-state index contributed by atoms with van der Waals surface area (Å²) in [7, 11) is 0. The highest BCUT2D eigenvalue weighted by Gasteiger charge is 1.73. The number of halogens is 2. The van der Waals surface area contributed by atoms with E-state index in [2.05, 4.69) is 19.7 Å². The summed E-state index contributed by atoms with van der Waals surface area (Å²) >= 11 is 9.52. The second kappa shape index (κ2) is 22.8. The molecule has 1 N–H and O–H groups in total. The molecule has 0 aromatic carbocycles. The van der Waals surface area contributed by atoms with E-state index >= 15 is 0 Å². The predicted molar refractivity (Wildman–Crippen MR) is 49.9 cm³/mol. The lowest BCUT2D eigenvalue weighted by Crippen LogP contribution is -1.82. The van der Waals surface area contributed by atoms with Gasteiger partial charge < -0.3 is 5.11 Å². The minimum absolute atomic E-state index is 0.833. The van der Waals surface area contributed by atoms with Gasteiger partial charge in [0, 0.05) is 6.08 Å². The van der Waals surface area contributed by atoms with E-state index < -0.39 is 5.97 Å². The first kappa shape index (κ1) is 16.7. The summed E-state index contributed by atoms with van der Waals surface area (Å²) < 4.78 is 0. The fraction of sp³-hybridized carbons (Fsp3) is 0. The average molecular weight is 197 g/mol. The van der Waals surface area contributed by atoms with E-state index in [1.807, 2.05) is 0 Å². The maximum absolute atomic E-state index is 9.25. The Morgan fingerprint density at radius 3 is 1.27 bits per heavy atom. The van der Waals surface area contributed by atoms with Gasteiger partial charge in [0.15, 0.2) is 0 Å². The highest BCUT2D eigenvalue weighted by atomic mass is 35.5. The number of rotatable bonds is 1. The maximum Gasteiger partial charge on any atom is 0.327 e. The number of carbonyl (C=O) groups is 1. The molecule has 0 saturated carbocycles. The molecule has 0 aliphatic heterocycles. The monoisotopic (exact) mass is 196 g/mol. The summed E-state index contributed by atoms with van der Waals surface area (Å²) in [4.78, 5) is 9.25. The molecule has 0 atom stereocenters. The first-order valence-electron chi connectivity index (χ1n) is 2.38. The van der Waals surface area contributed by atoms with Crippen LogP contribution in [0.4, 0.5) is 0 Å². The van der Waals surface area contributed by atoms with Gasteiger partial charge in [0.05, 0.1) is 0 Å². The topological polar surface area (TPSA) is 37.3 Å². The average Bonchev–Trinajstić information content (AvgIpc) is 1.91. The van der Waals surface area contributed by atoms with E-state index in [-0.39, 0.29) is 0 Å². The van der Waals surface area contributed by atoms with Crippen LogP contribution in [-0.4, -0.2) is 11.1 Å². The first-order chi connectivity index (χ1) is 5.10. The Morgan fingerprint density at radius 2 is 1.27 bits per heavy atom. The van der Waals surface area contributed by atoms with Crippen molar-refractivity contribution in [3.05, 3.63) is 36.9 Å². The van der Waals surface area contributed by atoms with Crippen LogP contribution in [0.15, 0.2) is 36.9 Å². The number of hydrogen-bond acceptors (Lipinski definition) is 1. The standard InChI is InChI=1S/C3H4O2.2C2H3Cl/c1-2-3(4)5;2*1-2-3/h2H,1H2,(H,4,5);2*2H,1H2.